The smallest absolute Gasteiger partial charge is 0.112 e. The summed E-state index contributed by atoms with van der Waals surface area (Å²) in [4.78, 5) is 5.58. The van der Waals surface area contributed by atoms with E-state index in [4.69, 9.17) is 11.6 Å². The van der Waals surface area contributed by atoms with Crippen molar-refractivity contribution in [3.63, 3.8) is 0 Å². The van der Waals surface area contributed by atoms with Gasteiger partial charge in [-0.25, -0.2) is 0 Å². The average Bonchev–Trinajstić information content (AvgIpc) is 2.86. The molecule has 1 saturated heterocycles. The Balaban J connectivity index is 1.55. The number of nitrogens with zero attached hydrogens (tertiary/aromatic N) is 1. The molecule has 3 rings (SSSR count). The topological polar surface area (TPSA) is 7.68 Å². The lowest BCUT2D eigenvalue weighted by molar-refractivity contribution is -0.914. The van der Waals surface area contributed by atoms with E-state index >= 15 is 0 Å². The normalized spacial score (nSPS) is 16.6. The van der Waals surface area contributed by atoms with Crippen molar-refractivity contribution in [3.8, 4) is 0 Å². The van der Waals surface area contributed by atoms with Crippen molar-refractivity contribution < 1.29 is 4.90 Å². The lowest BCUT2D eigenvalue weighted by Gasteiger charge is -2.33. The van der Waals surface area contributed by atoms with Gasteiger partial charge in [-0.1, -0.05) is 11.6 Å². The molecule has 2 heterocycles. The van der Waals surface area contributed by atoms with Gasteiger partial charge in [-0.3, -0.25) is 0 Å². The second kappa shape index (κ2) is 6.48. The first-order chi connectivity index (χ1) is 9.70. The van der Waals surface area contributed by atoms with E-state index in [9.17, 15) is 0 Å². The van der Waals surface area contributed by atoms with E-state index in [0.717, 1.165) is 24.7 Å². The summed E-state index contributed by atoms with van der Waals surface area (Å²) in [5.74, 6) is 0. The van der Waals surface area contributed by atoms with Crippen molar-refractivity contribution in [2.75, 3.05) is 31.1 Å². The number of quaternary nitrogens is 1. The van der Waals surface area contributed by atoms with Crippen LogP contribution < -0.4 is 9.80 Å². The number of hydrogen-bond donors (Lipinski definition) is 1. The molecule has 1 aromatic carbocycles. The summed E-state index contributed by atoms with van der Waals surface area (Å²) in [7, 11) is 0. The van der Waals surface area contributed by atoms with Gasteiger partial charge in [-0.05, 0) is 46.3 Å². The summed E-state index contributed by atoms with van der Waals surface area (Å²) in [6.45, 7) is 5.76. The van der Waals surface area contributed by atoms with E-state index in [1.54, 1.807) is 4.90 Å². The summed E-state index contributed by atoms with van der Waals surface area (Å²) in [5.41, 5.74) is 1.28. The van der Waals surface area contributed by atoms with Gasteiger partial charge < -0.3 is 9.80 Å². The Labute approximate surface area is 137 Å². The highest BCUT2D eigenvalue weighted by molar-refractivity contribution is 9.10. The van der Waals surface area contributed by atoms with Crippen LogP contribution in [0.4, 0.5) is 5.69 Å². The molecule has 20 heavy (non-hydrogen) atoms. The van der Waals surface area contributed by atoms with E-state index in [1.807, 2.05) is 23.5 Å². The highest BCUT2D eigenvalue weighted by Crippen LogP contribution is 2.19. The molecular weight excluding hydrogens is 356 g/mol. The van der Waals surface area contributed by atoms with E-state index in [2.05, 4.69) is 44.4 Å². The van der Waals surface area contributed by atoms with Crippen LogP contribution >= 0.6 is 38.9 Å². The van der Waals surface area contributed by atoms with Crippen LogP contribution in [0.1, 0.15) is 4.88 Å². The van der Waals surface area contributed by atoms with Crippen molar-refractivity contribution in [1.82, 2.24) is 0 Å². The Morgan fingerprint density at radius 3 is 2.50 bits per heavy atom. The fourth-order valence-electron chi connectivity index (χ4n) is 2.60. The predicted octanol–water partition coefficient (Wildman–Crippen LogP) is 3.07. The van der Waals surface area contributed by atoms with E-state index in [1.165, 1.54) is 28.1 Å². The van der Waals surface area contributed by atoms with Crippen molar-refractivity contribution >= 4 is 44.6 Å². The van der Waals surface area contributed by atoms with Gasteiger partial charge in [-0.15, -0.1) is 11.3 Å². The maximum absolute atomic E-state index is 5.94. The van der Waals surface area contributed by atoms with Gasteiger partial charge in [0.25, 0.3) is 0 Å². The maximum atomic E-state index is 5.94. The van der Waals surface area contributed by atoms with E-state index in [0.29, 0.717) is 0 Å². The zero-order valence-corrected chi connectivity index (χ0v) is 14.3. The lowest BCUT2D eigenvalue weighted by Crippen LogP contribution is -3.13. The molecule has 2 aromatic rings. The summed E-state index contributed by atoms with van der Waals surface area (Å²) in [5, 5.41) is 2.97. The van der Waals surface area contributed by atoms with Crippen molar-refractivity contribution in [2.24, 2.45) is 0 Å². The van der Waals surface area contributed by atoms with Crippen LogP contribution in [-0.4, -0.2) is 26.2 Å². The molecule has 0 radical (unpaired) electrons. The minimum absolute atomic E-state index is 0.807. The molecule has 1 aliphatic rings. The largest absolute Gasteiger partial charge is 0.360 e. The third kappa shape index (κ3) is 3.55. The van der Waals surface area contributed by atoms with Gasteiger partial charge in [0, 0.05) is 20.6 Å². The van der Waals surface area contributed by atoms with Gasteiger partial charge >= 0.3 is 0 Å². The standard InChI is InChI=1S/C15H16BrClN2S/c16-12-9-15(20-11-12)10-18-5-7-19(8-6-18)14-3-1-13(17)2-4-14/h1-4,9,11H,5-8,10H2/p+1. The van der Waals surface area contributed by atoms with Crippen LogP contribution in [0.5, 0.6) is 0 Å². The third-order valence-corrected chi connectivity index (χ3v) is 5.66. The van der Waals surface area contributed by atoms with Crippen LogP contribution in [0.2, 0.25) is 5.02 Å². The first kappa shape index (κ1) is 14.4. The molecule has 0 bridgehead atoms. The van der Waals surface area contributed by atoms with Crippen LogP contribution in [0.15, 0.2) is 40.2 Å². The van der Waals surface area contributed by atoms with Crippen LogP contribution in [0.25, 0.3) is 0 Å². The summed E-state index contributed by atoms with van der Waals surface area (Å²) in [6.07, 6.45) is 0. The Hall–Kier alpha value is -0.550. The fraction of sp³-hybridized carbons (Fsp3) is 0.333. The molecule has 0 spiro atoms. The van der Waals surface area contributed by atoms with Crippen molar-refractivity contribution in [1.29, 1.82) is 0 Å². The number of nitrogens with one attached hydrogen (secondary N) is 1. The predicted molar refractivity (Wildman–Crippen MR) is 90.1 cm³/mol. The van der Waals surface area contributed by atoms with E-state index in [-0.39, 0.29) is 0 Å². The summed E-state index contributed by atoms with van der Waals surface area (Å²) >= 11 is 11.3. The number of piperazine rings is 1. The molecule has 1 fully saturated rings. The molecule has 106 valence electrons. The first-order valence-electron chi connectivity index (χ1n) is 6.78. The van der Waals surface area contributed by atoms with Crippen molar-refractivity contribution in [3.05, 3.63) is 50.1 Å². The number of halogens is 2. The van der Waals surface area contributed by atoms with Gasteiger partial charge in [0.15, 0.2) is 0 Å². The fourth-order valence-corrected chi connectivity index (χ4v) is 4.25. The minimum atomic E-state index is 0.807. The molecule has 1 aromatic heterocycles. The number of benzene rings is 1. The Morgan fingerprint density at radius 2 is 1.90 bits per heavy atom. The molecule has 0 atom stereocenters. The van der Waals surface area contributed by atoms with Crippen LogP contribution in [0.3, 0.4) is 0 Å². The Morgan fingerprint density at radius 1 is 1.20 bits per heavy atom. The second-order valence-electron chi connectivity index (χ2n) is 5.12. The van der Waals surface area contributed by atoms with Crippen LogP contribution in [0, 0.1) is 0 Å². The minimum Gasteiger partial charge on any atom is -0.360 e. The number of thiophene rings is 1. The molecule has 1 N–H and O–H groups in total. The third-order valence-electron chi connectivity index (χ3n) is 3.71. The van der Waals surface area contributed by atoms with E-state index < -0.39 is 0 Å². The zero-order valence-electron chi connectivity index (χ0n) is 11.1. The Kier molecular flexibility index (Phi) is 4.66. The van der Waals surface area contributed by atoms with Gasteiger partial charge in [0.2, 0.25) is 0 Å². The van der Waals surface area contributed by atoms with Gasteiger partial charge in [0.05, 0.1) is 31.1 Å². The SMILES string of the molecule is Clc1ccc(N2CC[NH+](Cc3cc(Br)cs3)CC2)cc1. The maximum Gasteiger partial charge on any atom is 0.112 e. The summed E-state index contributed by atoms with van der Waals surface area (Å²) in [6, 6.07) is 10.4. The molecule has 0 saturated carbocycles. The summed E-state index contributed by atoms with van der Waals surface area (Å²) < 4.78 is 1.21. The highest BCUT2D eigenvalue weighted by atomic mass is 79.9. The number of rotatable bonds is 3. The molecule has 2 nitrogen and oxygen atoms in total. The van der Waals surface area contributed by atoms with Crippen LogP contribution in [-0.2, 0) is 6.54 Å². The molecule has 0 unspecified atom stereocenters. The number of anilines is 1. The van der Waals surface area contributed by atoms with Gasteiger partial charge in [-0.2, -0.15) is 0 Å². The average molecular weight is 373 g/mol. The molecule has 5 heteroatoms. The zero-order chi connectivity index (χ0) is 13.9. The van der Waals surface area contributed by atoms with Crippen molar-refractivity contribution in [2.45, 2.75) is 6.54 Å². The molecular formula is C15H17BrClN2S+. The van der Waals surface area contributed by atoms with Gasteiger partial charge in [0.1, 0.15) is 6.54 Å². The first-order valence-corrected chi connectivity index (χ1v) is 8.83. The number of hydrogen-bond acceptors (Lipinski definition) is 2. The molecule has 0 aliphatic carbocycles. The highest BCUT2D eigenvalue weighted by Gasteiger charge is 2.20. The lowest BCUT2D eigenvalue weighted by atomic mass is 10.2. The Bertz CT molecular complexity index is 562. The molecule has 0 amide bonds. The monoisotopic (exact) mass is 371 g/mol. The second-order valence-corrected chi connectivity index (χ2v) is 7.47. The quantitative estimate of drug-likeness (QED) is 0.870. The molecule has 1 aliphatic heterocycles.